The highest BCUT2D eigenvalue weighted by Crippen LogP contribution is 2.23. The average molecular weight is 358 g/mol. The second-order valence-electron chi connectivity index (χ2n) is 6.43. The Morgan fingerprint density at radius 1 is 1.08 bits per heavy atom. The van der Waals surface area contributed by atoms with Crippen molar-refractivity contribution in [1.29, 1.82) is 0 Å². The van der Waals surface area contributed by atoms with Crippen molar-refractivity contribution in [3.63, 3.8) is 0 Å². The summed E-state index contributed by atoms with van der Waals surface area (Å²) in [6.07, 6.45) is 0.619. The van der Waals surface area contributed by atoms with Gasteiger partial charge in [-0.1, -0.05) is 56.6 Å². The molecule has 3 nitrogen and oxygen atoms in total. The Morgan fingerprint density at radius 2 is 1.80 bits per heavy atom. The molecule has 0 atom stereocenters. The SMILES string of the molecule is CCC(=O)CN(C(=O)Cc1cccc(Cl)c1)c1cccc(C(C)C)c1. The van der Waals surface area contributed by atoms with Crippen LogP contribution in [0.4, 0.5) is 5.69 Å². The molecule has 4 heteroatoms. The van der Waals surface area contributed by atoms with E-state index in [0.717, 1.165) is 16.8 Å². The number of hydrogen-bond donors (Lipinski definition) is 0. The van der Waals surface area contributed by atoms with Gasteiger partial charge in [0.05, 0.1) is 13.0 Å². The lowest BCUT2D eigenvalue weighted by Crippen LogP contribution is -2.36. The van der Waals surface area contributed by atoms with Crippen molar-refractivity contribution in [1.82, 2.24) is 0 Å². The van der Waals surface area contributed by atoms with E-state index >= 15 is 0 Å². The number of hydrogen-bond acceptors (Lipinski definition) is 2. The minimum absolute atomic E-state index is 0.0365. The van der Waals surface area contributed by atoms with Crippen LogP contribution in [0.1, 0.15) is 44.2 Å². The molecule has 0 aliphatic rings. The summed E-state index contributed by atoms with van der Waals surface area (Å²) in [5.74, 6) is 0.283. The standard InChI is InChI=1S/C21H24ClNO2/c1-4-20(24)14-23(19-10-6-8-17(13-19)15(2)3)21(25)12-16-7-5-9-18(22)11-16/h5-11,13,15H,4,12,14H2,1-3H3. The Kier molecular flexibility index (Phi) is 6.77. The molecule has 1 amide bonds. The van der Waals surface area contributed by atoms with E-state index in [-0.39, 0.29) is 24.7 Å². The summed E-state index contributed by atoms with van der Waals surface area (Å²) in [6, 6.07) is 15.1. The molecule has 0 unspecified atom stereocenters. The van der Waals surface area contributed by atoms with Gasteiger partial charge in [-0.2, -0.15) is 0 Å². The first kappa shape index (κ1) is 19.2. The first-order chi connectivity index (χ1) is 11.9. The summed E-state index contributed by atoms with van der Waals surface area (Å²) >= 11 is 6.01. The molecule has 132 valence electrons. The molecule has 0 aliphatic heterocycles. The van der Waals surface area contributed by atoms with Gasteiger partial charge >= 0.3 is 0 Å². The molecular formula is C21H24ClNO2. The third-order valence-corrected chi connectivity index (χ3v) is 4.36. The maximum absolute atomic E-state index is 12.9. The highest BCUT2D eigenvalue weighted by Gasteiger charge is 2.19. The Labute approximate surface area is 154 Å². The topological polar surface area (TPSA) is 37.4 Å². The fraction of sp³-hybridized carbons (Fsp3) is 0.333. The van der Waals surface area contributed by atoms with Crippen molar-refractivity contribution >= 4 is 29.0 Å². The van der Waals surface area contributed by atoms with Crippen molar-refractivity contribution in [3.8, 4) is 0 Å². The number of halogens is 1. The first-order valence-corrected chi connectivity index (χ1v) is 8.95. The van der Waals surface area contributed by atoms with E-state index in [0.29, 0.717) is 17.4 Å². The normalized spacial score (nSPS) is 10.8. The molecular weight excluding hydrogens is 334 g/mol. The fourth-order valence-corrected chi connectivity index (χ4v) is 2.79. The van der Waals surface area contributed by atoms with Crippen LogP contribution in [-0.2, 0) is 16.0 Å². The number of rotatable bonds is 7. The minimum atomic E-state index is -0.107. The Balaban J connectivity index is 2.30. The molecule has 0 spiro atoms. The van der Waals surface area contributed by atoms with Crippen LogP contribution in [0.3, 0.4) is 0 Å². The zero-order valence-electron chi connectivity index (χ0n) is 15.0. The predicted octanol–water partition coefficient (Wildman–Crippen LogP) is 5.02. The van der Waals surface area contributed by atoms with Crippen molar-refractivity contribution in [3.05, 3.63) is 64.7 Å². The summed E-state index contributed by atoms with van der Waals surface area (Å²) in [5.41, 5.74) is 2.74. The Hall–Kier alpha value is -2.13. The molecule has 0 radical (unpaired) electrons. The van der Waals surface area contributed by atoms with Crippen LogP contribution < -0.4 is 4.90 Å². The third kappa shape index (κ3) is 5.43. The lowest BCUT2D eigenvalue weighted by Gasteiger charge is -2.23. The second kappa shape index (κ2) is 8.82. The van der Waals surface area contributed by atoms with Crippen LogP contribution in [0.15, 0.2) is 48.5 Å². The van der Waals surface area contributed by atoms with Gasteiger partial charge in [-0.05, 0) is 41.3 Å². The number of carbonyl (C=O) groups excluding carboxylic acids is 2. The lowest BCUT2D eigenvalue weighted by molar-refractivity contribution is -0.122. The van der Waals surface area contributed by atoms with Gasteiger partial charge in [0.15, 0.2) is 5.78 Å². The monoisotopic (exact) mass is 357 g/mol. The highest BCUT2D eigenvalue weighted by atomic mass is 35.5. The molecule has 2 aromatic carbocycles. The first-order valence-electron chi connectivity index (χ1n) is 8.57. The van der Waals surface area contributed by atoms with Gasteiger partial charge < -0.3 is 4.90 Å². The summed E-state index contributed by atoms with van der Waals surface area (Å²) in [6.45, 7) is 6.12. The third-order valence-electron chi connectivity index (χ3n) is 4.12. The molecule has 0 heterocycles. The van der Waals surface area contributed by atoms with E-state index in [2.05, 4.69) is 13.8 Å². The number of ketones is 1. The van der Waals surface area contributed by atoms with E-state index in [1.54, 1.807) is 17.0 Å². The van der Waals surface area contributed by atoms with Gasteiger partial charge in [-0.3, -0.25) is 9.59 Å². The Morgan fingerprint density at radius 3 is 2.44 bits per heavy atom. The van der Waals surface area contributed by atoms with E-state index in [1.807, 2.05) is 43.3 Å². The van der Waals surface area contributed by atoms with Gasteiger partial charge in [0.2, 0.25) is 5.91 Å². The van der Waals surface area contributed by atoms with Crippen molar-refractivity contribution in [2.45, 2.75) is 39.5 Å². The molecule has 2 rings (SSSR count). The Bertz CT molecular complexity index is 755. The van der Waals surface area contributed by atoms with Crippen LogP contribution in [0.25, 0.3) is 0 Å². The maximum Gasteiger partial charge on any atom is 0.231 e. The quantitative estimate of drug-likeness (QED) is 0.697. The zero-order chi connectivity index (χ0) is 18.4. The van der Waals surface area contributed by atoms with E-state index in [1.165, 1.54) is 0 Å². The summed E-state index contributed by atoms with van der Waals surface area (Å²) in [4.78, 5) is 26.5. The molecule has 0 saturated heterocycles. The van der Waals surface area contributed by atoms with Crippen LogP contribution in [0, 0.1) is 0 Å². The molecule has 25 heavy (non-hydrogen) atoms. The zero-order valence-corrected chi connectivity index (χ0v) is 15.7. The summed E-state index contributed by atoms with van der Waals surface area (Å²) in [5, 5.41) is 0.600. The van der Waals surface area contributed by atoms with E-state index in [4.69, 9.17) is 11.6 Å². The molecule has 2 aromatic rings. The molecule has 0 fully saturated rings. The van der Waals surface area contributed by atoms with E-state index < -0.39 is 0 Å². The molecule has 0 N–H and O–H groups in total. The van der Waals surface area contributed by atoms with Crippen molar-refractivity contribution in [2.24, 2.45) is 0 Å². The number of carbonyl (C=O) groups is 2. The molecule has 0 aromatic heterocycles. The van der Waals surface area contributed by atoms with Crippen LogP contribution in [0.2, 0.25) is 5.02 Å². The van der Waals surface area contributed by atoms with Gasteiger partial charge in [0.25, 0.3) is 0 Å². The lowest BCUT2D eigenvalue weighted by atomic mass is 10.0. The average Bonchev–Trinajstić information content (AvgIpc) is 2.59. The summed E-state index contributed by atoms with van der Waals surface area (Å²) < 4.78 is 0. The summed E-state index contributed by atoms with van der Waals surface area (Å²) in [7, 11) is 0. The number of benzene rings is 2. The van der Waals surface area contributed by atoms with Gasteiger partial charge in [-0.25, -0.2) is 0 Å². The number of Topliss-reactive ketones (excluding diaryl/α,β-unsaturated/α-hetero) is 1. The maximum atomic E-state index is 12.9. The number of nitrogens with zero attached hydrogens (tertiary/aromatic N) is 1. The van der Waals surface area contributed by atoms with Crippen molar-refractivity contribution in [2.75, 3.05) is 11.4 Å². The largest absolute Gasteiger partial charge is 0.305 e. The number of amides is 1. The van der Waals surface area contributed by atoms with Gasteiger partial charge in [0.1, 0.15) is 0 Å². The van der Waals surface area contributed by atoms with Crippen LogP contribution in [-0.4, -0.2) is 18.2 Å². The van der Waals surface area contributed by atoms with Gasteiger partial charge in [0, 0.05) is 17.1 Å². The van der Waals surface area contributed by atoms with Crippen LogP contribution in [0.5, 0.6) is 0 Å². The fourth-order valence-electron chi connectivity index (χ4n) is 2.58. The van der Waals surface area contributed by atoms with E-state index in [9.17, 15) is 9.59 Å². The molecule has 0 saturated carbocycles. The molecule has 0 aliphatic carbocycles. The highest BCUT2D eigenvalue weighted by molar-refractivity contribution is 6.30. The predicted molar refractivity (Wildman–Crippen MR) is 103 cm³/mol. The number of anilines is 1. The van der Waals surface area contributed by atoms with Crippen molar-refractivity contribution < 1.29 is 9.59 Å². The van der Waals surface area contributed by atoms with Crippen LogP contribution >= 0.6 is 11.6 Å². The van der Waals surface area contributed by atoms with Gasteiger partial charge in [-0.15, -0.1) is 0 Å². The minimum Gasteiger partial charge on any atom is -0.305 e. The molecule has 0 bridgehead atoms. The smallest absolute Gasteiger partial charge is 0.231 e. The second-order valence-corrected chi connectivity index (χ2v) is 6.86.